The number of nitrogens with one attached hydrogen (secondary N) is 1. The number of hydrogen-bond donors (Lipinski definition) is 1. The molecule has 3 aromatic heterocycles. The molecular weight excluding hydrogens is 482 g/mol. The summed E-state index contributed by atoms with van der Waals surface area (Å²) in [6.45, 7) is 4.10. The maximum absolute atomic E-state index is 13.8. The molecule has 1 aliphatic heterocycles. The van der Waals surface area contributed by atoms with Gasteiger partial charge in [0.05, 0.1) is 15.9 Å². The number of carbonyl (C=O) groups is 2. The molecule has 0 unspecified atom stereocenters. The van der Waals surface area contributed by atoms with Crippen molar-refractivity contribution in [2.45, 2.75) is 45.2 Å². The molecule has 35 heavy (non-hydrogen) atoms. The van der Waals surface area contributed by atoms with Crippen molar-refractivity contribution < 1.29 is 14.3 Å². The third-order valence-electron chi connectivity index (χ3n) is 6.97. The molecule has 2 aliphatic rings. The van der Waals surface area contributed by atoms with Crippen LogP contribution in [0.15, 0.2) is 41.9 Å². The Morgan fingerprint density at radius 3 is 2.83 bits per heavy atom. The number of piperidine rings is 1. The van der Waals surface area contributed by atoms with Gasteiger partial charge in [-0.2, -0.15) is 0 Å². The largest absolute Gasteiger partial charge is 0.414 e. The van der Waals surface area contributed by atoms with Crippen LogP contribution < -0.4 is 10.1 Å². The van der Waals surface area contributed by atoms with Gasteiger partial charge < -0.3 is 15.0 Å². The zero-order chi connectivity index (χ0) is 24.1. The number of ether oxygens (including phenoxy) is 1. The first-order valence-electron chi connectivity index (χ1n) is 11.7. The van der Waals surface area contributed by atoms with Gasteiger partial charge in [-0.1, -0.05) is 30.3 Å². The summed E-state index contributed by atoms with van der Waals surface area (Å²) < 4.78 is 7.37. The molecule has 1 saturated carbocycles. The van der Waals surface area contributed by atoms with Crippen molar-refractivity contribution in [1.82, 2.24) is 24.6 Å². The summed E-state index contributed by atoms with van der Waals surface area (Å²) in [6.07, 6.45) is 4.32. The Kier molecular flexibility index (Phi) is 5.57. The van der Waals surface area contributed by atoms with Crippen molar-refractivity contribution in [3.05, 3.63) is 58.3 Å². The van der Waals surface area contributed by atoms with Gasteiger partial charge in [-0.3, -0.25) is 9.20 Å². The minimum absolute atomic E-state index is 0.0489. The van der Waals surface area contributed by atoms with E-state index < -0.39 is 6.09 Å². The lowest BCUT2D eigenvalue weighted by molar-refractivity contribution is 0.0585. The van der Waals surface area contributed by atoms with Gasteiger partial charge in [0.25, 0.3) is 5.91 Å². The molecule has 6 rings (SSSR count). The average molecular weight is 508 g/mol. The molecule has 1 aliphatic carbocycles. The van der Waals surface area contributed by atoms with Crippen molar-refractivity contribution in [1.29, 1.82) is 0 Å². The monoisotopic (exact) mass is 507 g/mol. The highest BCUT2D eigenvalue weighted by Crippen LogP contribution is 2.44. The number of carbonyl (C=O) groups excluding carboxylic acids is 2. The van der Waals surface area contributed by atoms with E-state index in [-0.39, 0.29) is 18.0 Å². The van der Waals surface area contributed by atoms with Gasteiger partial charge in [0.15, 0.2) is 4.96 Å². The van der Waals surface area contributed by atoms with E-state index in [1.54, 1.807) is 15.7 Å². The summed E-state index contributed by atoms with van der Waals surface area (Å²) in [5.74, 6) is 0.738. The lowest BCUT2D eigenvalue weighted by atomic mass is 9.98. The maximum Gasteiger partial charge on any atom is 0.414 e. The maximum atomic E-state index is 13.8. The first-order chi connectivity index (χ1) is 17.0. The van der Waals surface area contributed by atoms with E-state index in [4.69, 9.17) is 4.74 Å². The van der Waals surface area contributed by atoms with Crippen LogP contribution in [0.2, 0.25) is 0 Å². The van der Waals surface area contributed by atoms with E-state index in [2.05, 4.69) is 15.3 Å². The Hall–Kier alpha value is -3.24. The number of rotatable bonds is 5. The van der Waals surface area contributed by atoms with Crippen LogP contribution in [0, 0.1) is 19.8 Å². The first kappa shape index (κ1) is 22.2. The van der Waals surface area contributed by atoms with Crippen molar-refractivity contribution in [3.63, 3.8) is 0 Å². The highest BCUT2D eigenvalue weighted by Gasteiger charge is 2.49. The lowest BCUT2D eigenvalue weighted by Gasteiger charge is -2.35. The van der Waals surface area contributed by atoms with Crippen LogP contribution in [0.1, 0.15) is 40.5 Å². The van der Waals surface area contributed by atoms with E-state index in [0.29, 0.717) is 29.7 Å². The van der Waals surface area contributed by atoms with Gasteiger partial charge in [0.2, 0.25) is 5.88 Å². The molecule has 1 aromatic carbocycles. The van der Waals surface area contributed by atoms with E-state index >= 15 is 0 Å². The Morgan fingerprint density at radius 2 is 2.00 bits per heavy atom. The number of aromatic nitrogens is 3. The predicted molar refractivity (Wildman–Crippen MR) is 135 cm³/mol. The van der Waals surface area contributed by atoms with Crippen LogP contribution in [-0.4, -0.2) is 49.9 Å². The van der Waals surface area contributed by atoms with E-state index in [9.17, 15) is 9.59 Å². The minimum Gasteiger partial charge on any atom is -0.391 e. The van der Waals surface area contributed by atoms with Gasteiger partial charge in [-0.15, -0.1) is 22.7 Å². The number of benzene rings is 1. The molecule has 3 atom stereocenters. The summed E-state index contributed by atoms with van der Waals surface area (Å²) in [7, 11) is 0. The normalized spacial score (nSPS) is 21.1. The standard InChI is InChI=1S/C25H25N5O3S2/c1-14-23(29-10-11-34-24(29)27-14)33-25(32)26-13-19-17-8-9-18(12-17)30(19)22(31)20-21(35-15(2)28-20)16-6-4-3-5-7-16/h3-7,10-11,17-19H,8-9,12-13H2,1-2H3,(H,26,32)/t17-,18+,19+/m0/s1. The van der Waals surface area contributed by atoms with Gasteiger partial charge in [0, 0.05) is 24.2 Å². The van der Waals surface area contributed by atoms with Crippen LogP contribution >= 0.6 is 22.7 Å². The van der Waals surface area contributed by atoms with Crippen LogP contribution in [0.5, 0.6) is 5.88 Å². The summed E-state index contributed by atoms with van der Waals surface area (Å²) in [5.41, 5.74) is 2.17. The molecule has 1 N–H and O–H groups in total. The molecule has 2 fully saturated rings. The second kappa shape index (κ2) is 8.76. The molecule has 1 saturated heterocycles. The number of amides is 2. The van der Waals surface area contributed by atoms with Crippen molar-refractivity contribution in [3.8, 4) is 16.3 Å². The SMILES string of the molecule is Cc1nc(C(=O)N2[C@@H]3CC[C@@H](C3)[C@H]2CNC(=O)Oc2c(C)nc3sccn23)c(-c2ccccc2)s1. The summed E-state index contributed by atoms with van der Waals surface area (Å²) in [4.78, 5) is 39.2. The summed E-state index contributed by atoms with van der Waals surface area (Å²) >= 11 is 3.03. The van der Waals surface area contributed by atoms with Gasteiger partial charge in [0.1, 0.15) is 11.4 Å². The second-order valence-corrected chi connectivity index (χ2v) is 11.2. The number of aryl methyl sites for hydroxylation is 2. The number of imidazole rings is 1. The number of hydrogen-bond acceptors (Lipinski definition) is 7. The highest BCUT2D eigenvalue weighted by molar-refractivity contribution is 7.15. The Bertz CT molecular complexity index is 1410. The molecule has 180 valence electrons. The smallest absolute Gasteiger partial charge is 0.391 e. The Balaban J connectivity index is 1.20. The van der Waals surface area contributed by atoms with Crippen LogP contribution in [-0.2, 0) is 0 Å². The van der Waals surface area contributed by atoms with Crippen LogP contribution in [0.4, 0.5) is 4.79 Å². The highest BCUT2D eigenvalue weighted by atomic mass is 32.1. The number of nitrogens with zero attached hydrogens (tertiary/aromatic N) is 4. The Morgan fingerprint density at radius 1 is 1.17 bits per heavy atom. The molecule has 4 heterocycles. The average Bonchev–Trinajstić information content (AvgIpc) is 3.67. The molecular formula is C25H25N5O3S2. The molecule has 0 radical (unpaired) electrons. The second-order valence-electron chi connectivity index (χ2n) is 9.11. The topological polar surface area (TPSA) is 88.8 Å². The lowest BCUT2D eigenvalue weighted by Crippen LogP contribution is -2.50. The fourth-order valence-corrected chi connectivity index (χ4v) is 7.13. The fraction of sp³-hybridized carbons (Fsp3) is 0.360. The quantitative estimate of drug-likeness (QED) is 0.414. The summed E-state index contributed by atoms with van der Waals surface area (Å²) in [5, 5.41) is 5.67. The molecule has 10 heteroatoms. The Labute approximate surface area is 210 Å². The van der Waals surface area contributed by atoms with Crippen molar-refractivity contribution >= 4 is 39.6 Å². The number of thiazole rings is 2. The summed E-state index contributed by atoms with van der Waals surface area (Å²) in [6, 6.07) is 10.0. The fourth-order valence-electron chi connectivity index (χ4n) is 5.46. The molecule has 2 amide bonds. The van der Waals surface area contributed by atoms with Gasteiger partial charge in [-0.05, 0) is 44.6 Å². The third kappa shape index (κ3) is 3.90. The van der Waals surface area contributed by atoms with Gasteiger partial charge >= 0.3 is 6.09 Å². The molecule has 4 aromatic rings. The van der Waals surface area contributed by atoms with E-state index in [0.717, 1.165) is 39.7 Å². The number of fused-ring (bicyclic) bond motifs is 3. The first-order valence-corrected chi connectivity index (χ1v) is 13.4. The number of likely N-dealkylation sites (tertiary alicyclic amines) is 1. The van der Waals surface area contributed by atoms with Crippen LogP contribution in [0.3, 0.4) is 0 Å². The molecule has 0 spiro atoms. The third-order valence-corrected chi connectivity index (χ3v) is 8.75. The van der Waals surface area contributed by atoms with Crippen molar-refractivity contribution in [2.24, 2.45) is 5.92 Å². The van der Waals surface area contributed by atoms with Crippen LogP contribution in [0.25, 0.3) is 15.4 Å². The zero-order valence-corrected chi connectivity index (χ0v) is 21.1. The minimum atomic E-state index is -0.536. The zero-order valence-electron chi connectivity index (χ0n) is 19.4. The molecule has 2 bridgehead atoms. The van der Waals surface area contributed by atoms with E-state index in [1.807, 2.05) is 60.7 Å². The van der Waals surface area contributed by atoms with E-state index in [1.165, 1.54) is 11.3 Å². The molecule has 8 nitrogen and oxygen atoms in total. The van der Waals surface area contributed by atoms with Crippen molar-refractivity contribution in [2.75, 3.05) is 6.54 Å². The predicted octanol–water partition coefficient (Wildman–Crippen LogP) is 4.92. The van der Waals surface area contributed by atoms with Gasteiger partial charge in [-0.25, -0.2) is 14.8 Å².